The third-order valence-corrected chi connectivity index (χ3v) is 3.83. The molecule has 110 valence electrons. The maximum absolute atomic E-state index is 12.8. The van der Waals surface area contributed by atoms with E-state index in [9.17, 15) is 4.39 Å². The Bertz CT molecular complexity index is 613. The maximum Gasteiger partial charge on any atom is 0.123 e. The maximum atomic E-state index is 12.8. The van der Waals surface area contributed by atoms with Crippen LogP contribution in [0.2, 0.25) is 0 Å². The zero-order valence-corrected chi connectivity index (χ0v) is 11.9. The summed E-state index contributed by atoms with van der Waals surface area (Å²) in [6, 6.07) is 12.2. The Hall–Kier alpha value is -2.23. The fraction of sp³-hybridized carbons (Fsp3) is 0.294. The van der Waals surface area contributed by atoms with Crippen LogP contribution in [0.3, 0.4) is 0 Å². The van der Waals surface area contributed by atoms with Gasteiger partial charge in [0.2, 0.25) is 0 Å². The first-order valence-electron chi connectivity index (χ1n) is 7.25. The first-order chi connectivity index (χ1) is 10.2. The van der Waals surface area contributed by atoms with Crippen LogP contribution < -0.4 is 15.4 Å². The zero-order chi connectivity index (χ0) is 14.7. The quantitative estimate of drug-likeness (QED) is 0.877. The molecule has 1 aliphatic heterocycles. The van der Waals surface area contributed by atoms with E-state index in [1.807, 2.05) is 12.1 Å². The van der Waals surface area contributed by atoms with E-state index in [1.165, 1.54) is 23.4 Å². The SMILES string of the molecule is Nc1cccc2c1CCCN2CCOc1ccc(F)cc1. The number of nitrogens with zero attached hydrogens (tertiary/aromatic N) is 1. The second kappa shape index (κ2) is 6.04. The van der Waals surface area contributed by atoms with Crippen molar-refractivity contribution in [3.05, 3.63) is 53.8 Å². The first-order valence-corrected chi connectivity index (χ1v) is 7.25. The van der Waals surface area contributed by atoms with E-state index in [4.69, 9.17) is 10.5 Å². The highest BCUT2D eigenvalue weighted by molar-refractivity contribution is 5.66. The third-order valence-electron chi connectivity index (χ3n) is 3.83. The summed E-state index contributed by atoms with van der Waals surface area (Å²) in [6.07, 6.45) is 2.15. The molecule has 0 aliphatic carbocycles. The van der Waals surface area contributed by atoms with Crippen molar-refractivity contribution in [1.29, 1.82) is 0 Å². The minimum atomic E-state index is -0.247. The fourth-order valence-electron chi connectivity index (χ4n) is 2.76. The van der Waals surface area contributed by atoms with Gasteiger partial charge in [0.1, 0.15) is 18.2 Å². The lowest BCUT2D eigenvalue weighted by molar-refractivity contribution is 0.322. The molecule has 0 unspecified atom stereocenters. The van der Waals surface area contributed by atoms with Crippen molar-refractivity contribution >= 4 is 11.4 Å². The van der Waals surface area contributed by atoms with Gasteiger partial charge in [0.15, 0.2) is 0 Å². The first kappa shape index (κ1) is 13.7. The summed E-state index contributed by atoms with van der Waals surface area (Å²) in [5, 5.41) is 0. The summed E-state index contributed by atoms with van der Waals surface area (Å²) in [5.74, 6) is 0.448. The van der Waals surface area contributed by atoms with Crippen LogP contribution in [0.15, 0.2) is 42.5 Å². The molecule has 3 rings (SSSR count). The van der Waals surface area contributed by atoms with Gasteiger partial charge in [0.25, 0.3) is 0 Å². The topological polar surface area (TPSA) is 38.5 Å². The molecule has 2 aromatic carbocycles. The summed E-state index contributed by atoms with van der Waals surface area (Å²) >= 11 is 0. The van der Waals surface area contributed by atoms with Crippen molar-refractivity contribution in [2.24, 2.45) is 0 Å². The number of ether oxygens (including phenoxy) is 1. The molecular weight excluding hydrogens is 267 g/mol. The summed E-state index contributed by atoms with van der Waals surface area (Å²) in [6.45, 7) is 2.39. The number of nitrogens with two attached hydrogens (primary N) is 1. The van der Waals surface area contributed by atoms with Gasteiger partial charge in [-0.1, -0.05) is 6.07 Å². The number of nitrogen functional groups attached to an aromatic ring is 1. The number of fused-ring (bicyclic) bond motifs is 1. The molecule has 0 saturated carbocycles. The average Bonchev–Trinajstić information content (AvgIpc) is 2.50. The van der Waals surface area contributed by atoms with Crippen LogP contribution in [0, 0.1) is 5.82 Å². The monoisotopic (exact) mass is 286 g/mol. The van der Waals surface area contributed by atoms with E-state index in [2.05, 4.69) is 11.0 Å². The number of anilines is 2. The molecule has 0 saturated heterocycles. The lowest BCUT2D eigenvalue weighted by Crippen LogP contribution is -2.33. The van der Waals surface area contributed by atoms with E-state index in [1.54, 1.807) is 12.1 Å². The van der Waals surface area contributed by atoms with Crippen LogP contribution in [0.5, 0.6) is 5.75 Å². The van der Waals surface area contributed by atoms with E-state index >= 15 is 0 Å². The van der Waals surface area contributed by atoms with Gasteiger partial charge >= 0.3 is 0 Å². The molecule has 2 N–H and O–H groups in total. The number of benzene rings is 2. The van der Waals surface area contributed by atoms with Gasteiger partial charge in [0.05, 0.1) is 6.54 Å². The van der Waals surface area contributed by atoms with Crippen LogP contribution in [0.4, 0.5) is 15.8 Å². The average molecular weight is 286 g/mol. The van der Waals surface area contributed by atoms with E-state index in [0.29, 0.717) is 12.4 Å². The van der Waals surface area contributed by atoms with Gasteiger partial charge in [-0.25, -0.2) is 4.39 Å². The molecule has 0 spiro atoms. The highest BCUT2D eigenvalue weighted by Crippen LogP contribution is 2.30. The molecular formula is C17H19FN2O. The minimum absolute atomic E-state index is 0.247. The molecule has 21 heavy (non-hydrogen) atoms. The highest BCUT2D eigenvalue weighted by atomic mass is 19.1. The minimum Gasteiger partial charge on any atom is -0.492 e. The van der Waals surface area contributed by atoms with Gasteiger partial charge in [-0.15, -0.1) is 0 Å². The Balaban J connectivity index is 1.62. The van der Waals surface area contributed by atoms with Crippen LogP contribution in [0.1, 0.15) is 12.0 Å². The summed E-state index contributed by atoms with van der Waals surface area (Å²) < 4.78 is 18.5. The Morgan fingerprint density at radius 3 is 2.76 bits per heavy atom. The fourth-order valence-corrected chi connectivity index (χ4v) is 2.76. The molecule has 0 radical (unpaired) electrons. The second-order valence-electron chi connectivity index (χ2n) is 5.24. The predicted octanol–water partition coefficient (Wildman–Crippen LogP) is 3.24. The van der Waals surface area contributed by atoms with Gasteiger partial charge in [-0.3, -0.25) is 0 Å². The lowest BCUT2D eigenvalue weighted by Gasteiger charge is -2.31. The molecule has 0 bridgehead atoms. The normalized spacial score (nSPS) is 13.9. The summed E-state index contributed by atoms with van der Waals surface area (Å²) in [4.78, 5) is 2.30. The van der Waals surface area contributed by atoms with Crippen molar-refractivity contribution in [3.63, 3.8) is 0 Å². The molecule has 3 nitrogen and oxygen atoms in total. The van der Waals surface area contributed by atoms with Crippen LogP contribution in [-0.4, -0.2) is 19.7 Å². The Morgan fingerprint density at radius 1 is 1.14 bits per heavy atom. The molecule has 0 atom stereocenters. The van der Waals surface area contributed by atoms with E-state index in [0.717, 1.165) is 31.6 Å². The number of halogens is 1. The standard InChI is InChI=1S/C17H19FN2O/c18-13-6-8-14(9-7-13)21-12-11-20-10-2-3-15-16(19)4-1-5-17(15)20/h1,4-9H,2-3,10-12,19H2. The Labute approximate surface area is 124 Å². The third kappa shape index (κ3) is 3.10. The summed E-state index contributed by atoms with van der Waals surface area (Å²) in [7, 11) is 0. The van der Waals surface area contributed by atoms with Gasteiger partial charge < -0.3 is 15.4 Å². The molecule has 2 aromatic rings. The zero-order valence-electron chi connectivity index (χ0n) is 11.9. The smallest absolute Gasteiger partial charge is 0.123 e. The van der Waals surface area contributed by atoms with Crippen LogP contribution >= 0.6 is 0 Å². The molecule has 0 amide bonds. The Morgan fingerprint density at radius 2 is 1.95 bits per heavy atom. The molecule has 1 aliphatic rings. The van der Waals surface area contributed by atoms with Crippen molar-refractivity contribution in [3.8, 4) is 5.75 Å². The van der Waals surface area contributed by atoms with Crippen molar-refractivity contribution in [2.45, 2.75) is 12.8 Å². The van der Waals surface area contributed by atoms with Crippen LogP contribution in [-0.2, 0) is 6.42 Å². The predicted molar refractivity (Wildman–Crippen MR) is 83.3 cm³/mol. The Kier molecular flexibility index (Phi) is 3.95. The highest BCUT2D eigenvalue weighted by Gasteiger charge is 2.18. The number of hydrogen-bond donors (Lipinski definition) is 1. The van der Waals surface area contributed by atoms with Gasteiger partial charge in [-0.2, -0.15) is 0 Å². The second-order valence-corrected chi connectivity index (χ2v) is 5.24. The van der Waals surface area contributed by atoms with Crippen molar-refractivity contribution < 1.29 is 9.13 Å². The van der Waals surface area contributed by atoms with Crippen LogP contribution in [0.25, 0.3) is 0 Å². The summed E-state index contributed by atoms with van der Waals surface area (Å²) in [5.41, 5.74) is 9.37. The molecule has 0 fully saturated rings. The van der Waals surface area contributed by atoms with E-state index in [-0.39, 0.29) is 5.82 Å². The largest absolute Gasteiger partial charge is 0.492 e. The molecule has 0 aromatic heterocycles. The van der Waals surface area contributed by atoms with Gasteiger partial charge in [-0.05, 0) is 54.8 Å². The lowest BCUT2D eigenvalue weighted by atomic mass is 10.00. The molecule has 4 heteroatoms. The van der Waals surface area contributed by atoms with E-state index < -0.39 is 0 Å². The number of rotatable bonds is 4. The molecule has 1 heterocycles. The van der Waals surface area contributed by atoms with Gasteiger partial charge in [0, 0.05) is 17.9 Å². The van der Waals surface area contributed by atoms with Crippen molar-refractivity contribution in [2.75, 3.05) is 30.3 Å². The van der Waals surface area contributed by atoms with Crippen molar-refractivity contribution in [1.82, 2.24) is 0 Å². The number of hydrogen-bond acceptors (Lipinski definition) is 3.